The Morgan fingerprint density at radius 1 is 1.21 bits per heavy atom. The van der Waals surface area contributed by atoms with Gasteiger partial charge in [0.25, 0.3) is 0 Å². The van der Waals surface area contributed by atoms with Gasteiger partial charge in [-0.05, 0) is 42.5 Å². The molecule has 0 saturated carbocycles. The highest BCUT2D eigenvalue weighted by atomic mass is 35.5. The zero-order valence-electron chi connectivity index (χ0n) is 10.8. The van der Waals surface area contributed by atoms with Gasteiger partial charge in [0.2, 0.25) is 0 Å². The molecular formula is C17H15ClO. The molecule has 0 bridgehead atoms. The van der Waals surface area contributed by atoms with Gasteiger partial charge in [-0.25, -0.2) is 0 Å². The summed E-state index contributed by atoms with van der Waals surface area (Å²) in [5, 5.41) is 0.767. The van der Waals surface area contributed by atoms with E-state index in [1.165, 1.54) is 5.56 Å². The van der Waals surface area contributed by atoms with E-state index >= 15 is 0 Å². The Morgan fingerprint density at radius 3 is 2.74 bits per heavy atom. The Kier molecular flexibility index (Phi) is 3.16. The second-order valence-corrected chi connectivity index (χ2v) is 5.63. The second kappa shape index (κ2) is 4.82. The Bertz CT molecular complexity index is 645. The summed E-state index contributed by atoms with van der Waals surface area (Å²) >= 11 is 6.26. The maximum atomic E-state index is 12.3. The molecule has 0 saturated heterocycles. The van der Waals surface area contributed by atoms with E-state index in [0.717, 1.165) is 34.6 Å². The normalized spacial score (nSPS) is 17.6. The number of rotatable bonds is 2. The maximum absolute atomic E-state index is 12.3. The highest BCUT2D eigenvalue weighted by molar-refractivity contribution is 6.31. The first-order valence-electron chi connectivity index (χ1n) is 6.52. The van der Waals surface area contributed by atoms with Crippen LogP contribution in [0.5, 0.6) is 0 Å². The SMILES string of the molecule is Cc1ccc(CC2Cc3ccccc3C2=O)c(Cl)c1. The number of halogens is 1. The van der Waals surface area contributed by atoms with E-state index in [9.17, 15) is 4.79 Å². The minimum Gasteiger partial charge on any atom is -0.294 e. The summed E-state index contributed by atoms with van der Waals surface area (Å²) in [5.41, 5.74) is 4.27. The molecule has 0 radical (unpaired) electrons. The molecule has 3 rings (SSSR count). The lowest BCUT2D eigenvalue weighted by Gasteiger charge is -2.10. The first-order valence-corrected chi connectivity index (χ1v) is 6.90. The van der Waals surface area contributed by atoms with E-state index in [1.54, 1.807) is 0 Å². The molecule has 1 atom stereocenters. The number of hydrogen-bond donors (Lipinski definition) is 0. The number of benzene rings is 2. The van der Waals surface area contributed by atoms with Gasteiger partial charge in [-0.15, -0.1) is 0 Å². The van der Waals surface area contributed by atoms with Crippen molar-refractivity contribution in [3.8, 4) is 0 Å². The molecule has 2 heteroatoms. The van der Waals surface area contributed by atoms with Gasteiger partial charge in [0.1, 0.15) is 0 Å². The van der Waals surface area contributed by atoms with Crippen LogP contribution in [0.25, 0.3) is 0 Å². The molecule has 19 heavy (non-hydrogen) atoms. The van der Waals surface area contributed by atoms with Crippen LogP contribution >= 0.6 is 11.6 Å². The van der Waals surface area contributed by atoms with Gasteiger partial charge in [-0.3, -0.25) is 4.79 Å². The van der Waals surface area contributed by atoms with Crippen LogP contribution in [-0.4, -0.2) is 5.78 Å². The zero-order chi connectivity index (χ0) is 13.4. The molecule has 0 N–H and O–H groups in total. The molecule has 2 aromatic carbocycles. The third kappa shape index (κ3) is 2.31. The Labute approximate surface area is 118 Å². The number of carbonyl (C=O) groups is 1. The first kappa shape index (κ1) is 12.4. The van der Waals surface area contributed by atoms with E-state index in [-0.39, 0.29) is 11.7 Å². The van der Waals surface area contributed by atoms with Crippen molar-refractivity contribution in [3.63, 3.8) is 0 Å². The average molecular weight is 271 g/mol. The Morgan fingerprint density at radius 2 is 2.00 bits per heavy atom. The molecule has 1 aliphatic carbocycles. The van der Waals surface area contributed by atoms with Crippen LogP contribution < -0.4 is 0 Å². The second-order valence-electron chi connectivity index (χ2n) is 5.22. The van der Waals surface area contributed by atoms with Crippen LogP contribution in [0, 0.1) is 12.8 Å². The number of hydrogen-bond acceptors (Lipinski definition) is 1. The molecule has 0 heterocycles. The van der Waals surface area contributed by atoms with Gasteiger partial charge >= 0.3 is 0 Å². The first-order chi connectivity index (χ1) is 9.15. The minimum atomic E-state index is 0.0395. The quantitative estimate of drug-likeness (QED) is 0.797. The molecule has 0 spiro atoms. The molecule has 2 aromatic rings. The molecule has 0 aromatic heterocycles. The summed E-state index contributed by atoms with van der Waals surface area (Å²) in [6.45, 7) is 2.02. The molecule has 0 fully saturated rings. The summed E-state index contributed by atoms with van der Waals surface area (Å²) in [6, 6.07) is 13.9. The highest BCUT2D eigenvalue weighted by Gasteiger charge is 2.30. The van der Waals surface area contributed by atoms with E-state index < -0.39 is 0 Å². The van der Waals surface area contributed by atoms with Crippen LogP contribution in [0.3, 0.4) is 0 Å². The summed E-state index contributed by atoms with van der Waals surface area (Å²) in [5.74, 6) is 0.296. The lowest BCUT2D eigenvalue weighted by Crippen LogP contribution is -2.12. The fourth-order valence-electron chi connectivity index (χ4n) is 2.76. The van der Waals surface area contributed by atoms with Gasteiger partial charge in [0.05, 0.1) is 0 Å². The topological polar surface area (TPSA) is 17.1 Å². The van der Waals surface area contributed by atoms with Crippen LogP contribution in [0.2, 0.25) is 5.02 Å². The van der Waals surface area contributed by atoms with Crippen molar-refractivity contribution in [1.82, 2.24) is 0 Å². The maximum Gasteiger partial charge on any atom is 0.166 e. The van der Waals surface area contributed by atoms with Crippen molar-refractivity contribution >= 4 is 17.4 Å². The number of ketones is 1. The molecule has 96 valence electrons. The summed E-state index contributed by atoms with van der Waals surface area (Å²) in [6.07, 6.45) is 1.56. The zero-order valence-corrected chi connectivity index (χ0v) is 11.6. The van der Waals surface area contributed by atoms with Crippen LogP contribution in [0.15, 0.2) is 42.5 Å². The molecule has 1 nitrogen and oxygen atoms in total. The smallest absolute Gasteiger partial charge is 0.166 e. The predicted octanol–water partition coefficient (Wildman–Crippen LogP) is 4.25. The van der Waals surface area contributed by atoms with Gasteiger partial charge in [-0.2, -0.15) is 0 Å². The number of Topliss-reactive ketones (excluding diaryl/α,β-unsaturated/α-hetero) is 1. The molecule has 1 unspecified atom stereocenters. The third-order valence-corrected chi connectivity index (χ3v) is 4.15. The average Bonchev–Trinajstić information content (AvgIpc) is 2.70. The fraction of sp³-hybridized carbons (Fsp3) is 0.235. The van der Waals surface area contributed by atoms with E-state index in [4.69, 9.17) is 11.6 Å². The van der Waals surface area contributed by atoms with Crippen molar-refractivity contribution < 1.29 is 4.79 Å². The van der Waals surface area contributed by atoms with Crippen LogP contribution in [0.1, 0.15) is 27.0 Å². The lowest BCUT2D eigenvalue weighted by atomic mass is 9.95. The third-order valence-electron chi connectivity index (χ3n) is 3.79. The van der Waals surface area contributed by atoms with E-state index in [2.05, 4.69) is 0 Å². The van der Waals surface area contributed by atoms with Gasteiger partial charge in [-0.1, -0.05) is 48.0 Å². The van der Waals surface area contributed by atoms with Crippen molar-refractivity contribution in [2.75, 3.05) is 0 Å². The lowest BCUT2D eigenvalue weighted by molar-refractivity contribution is 0.0936. The van der Waals surface area contributed by atoms with E-state index in [0.29, 0.717) is 0 Å². The van der Waals surface area contributed by atoms with E-state index in [1.807, 2.05) is 49.4 Å². The summed E-state index contributed by atoms with van der Waals surface area (Å²) in [4.78, 5) is 12.3. The van der Waals surface area contributed by atoms with Gasteiger partial charge in [0.15, 0.2) is 5.78 Å². The molecule has 0 aliphatic heterocycles. The number of aryl methyl sites for hydroxylation is 1. The van der Waals surface area contributed by atoms with Gasteiger partial charge < -0.3 is 0 Å². The fourth-order valence-corrected chi connectivity index (χ4v) is 3.08. The largest absolute Gasteiger partial charge is 0.294 e. The molecule has 1 aliphatic rings. The Balaban J connectivity index is 1.85. The highest BCUT2D eigenvalue weighted by Crippen LogP contribution is 2.31. The Hall–Kier alpha value is -1.60. The predicted molar refractivity (Wildman–Crippen MR) is 77.9 cm³/mol. The van der Waals surface area contributed by atoms with Crippen molar-refractivity contribution in [1.29, 1.82) is 0 Å². The minimum absolute atomic E-state index is 0.0395. The van der Waals surface area contributed by atoms with Crippen molar-refractivity contribution in [2.24, 2.45) is 5.92 Å². The monoisotopic (exact) mass is 270 g/mol. The van der Waals surface area contributed by atoms with Crippen LogP contribution in [0.4, 0.5) is 0 Å². The number of carbonyl (C=O) groups excluding carboxylic acids is 1. The van der Waals surface area contributed by atoms with Gasteiger partial charge in [0, 0.05) is 16.5 Å². The van der Waals surface area contributed by atoms with Crippen molar-refractivity contribution in [3.05, 3.63) is 69.7 Å². The molecule has 0 amide bonds. The summed E-state index contributed by atoms with van der Waals surface area (Å²) in [7, 11) is 0. The van der Waals surface area contributed by atoms with Crippen molar-refractivity contribution in [2.45, 2.75) is 19.8 Å². The summed E-state index contributed by atoms with van der Waals surface area (Å²) < 4.78 is 0. The van der Waals surface area contributed by atoms with Crippen LogP contribution in [-0.2, 0) is 12.8 Å². The number of fused-ring (bicyclic) bond motifs is 1. The molecular weight excluding hydrogens is 256 g/mol. The standard InChI is InChI=1S/C17H15ClO/c1-11-6-7-13(16(18)8-11)10-14-9-12-4-2-3-5-15(12)17(14)19/h2-8,14H,9-10H2,1H3.